The molecule has 112 valence electrons. The molecule has 0 aromatic heterocycles. The maximum absolute atomic E-state index is 13.6. The summed E-state index contributed by atoms with van der Waals surface area (Å²) in [6.45, 7) is 3.93. The van der Waals surface area contributed by atoms with Crippen LogP contribution in [0, 0.1) is 17.1 Å². The van der Waals surface area contributed by atoms with Crippen LogP contribution in [0.4, 0.5) is 10.1 Å². The van der Waals surface area contributed by atoms with E-state index in [1.165, 1.54) is 13.2 Å². The Kier molecular flexibility index (Phi) is 4.76. The highest BCUT2D eigenvalue weighted by Crippen LogP contribution is 2.23. The van der Waals surface area contributed by atoms with E-state index in [1.807, 2.05) is 11.0 Å². The number of anilines is 1. The Bertz CT molecular complexity index is 563. The first kappa shape index (κ1) is 15.3. The van der Waals surface area contributed by atoms with Crippen LogP contribution < -0.4 is 4.90 Å². The first-order chi connectivity index (χ1) is 10.1. The van der Waals surface area contributed by atoms with E-state index in [9.17, 15) is 9.18 Å². The maximum Gasteiger partial charge on any atom is 0.251 e. The van der Waals surface area contributed by atoms with Gasteiger partial charge in [0.1, 0.15) is 23.6 Å². The van der Waals surface area contributed by atoms with Crippen molar-refractivity contribution in [2.24, 2.45) is 0 Å². The van der Waals surface area contributed by atoms with E-state index in [-0.39, 0.29) is 11.5 Å². The van der Waals surface area contributed by atoms with Gasteiger partial charge in [-0.25, -0.2) is 4.39 Å². The first-order valence-electron chi connectivity index (χ1n) is 6.83. The van der Waals surface area contributed by atoms with Crippen LogP contribution in [0.3, 0.4) is 0 Å². The molecule has 2 rings (SSSR count). The number of carbonyl (C=O) groups is 1. The fraction of sp³-hybridized carbons (Fsp3) is 0.467. The monoisotopic (exact) mass is 291 g/mol. The van der Waals surface area contributed by atoms with Gasteiger partial charge in [-0.1, -0.05) is 6.07 Å². The summed E-state index contributed by atoms with van der Waals surface area (Å²) >= 11 is 0. The number of methoxy groups -OCH3 is 1. The number of nitriles is 1. The number of hydrogen-bond donors (Lipinski definition) is 0. The Morgan fingerprint density at radius 3 is 2.62 bits per heavy atom. The molecule has 21 heavy (non-hydrogen) atoms. The zero-order chi connectivity index (χ0) is 15.4. The van der Waals surface area contributed by atoms with Crippen LogP contribution in [0.15, 0.2) is 18.2 Å². The molecule has 0 spiro atoms. The number of benzene rings is 1. The van der Waals surface area contributed by atoms with Gasteiger partial charge in [-0.05, 0) is 19.1 Å². The van der Waals surface area contributed by atoms with Crippen LogP contribution in [-0.4, -0.2) is 50.2 Å². The van der Waals surface area contributed by atoms with Crippen molar-refractivity contribution in [1.82, 2.24) is 4.90 Å². The van der Waals surface area contributed by atoms with Crippen molar-refractivity contribution in [2.45, 2.75) is 13.0 Å². The normalized spacial score (nSPS) is 16.5. The van der Waals surface area contributed by atoms with E-state index < -0.39 is 11.9 Å². The average molecular weight is 291 g/mol. The number of hydrogen-bond acceptors (Lipinski definition) is 4. The van der Waals surface area contributed by atoms with Crippen molar-refractivity contribution in [3.8, 4) is 6.07 Å². The Morgan fingerprint density at radius 2 is 2.05 bits per heavy atom. The molecule has 1 aliphatic heterocycles. The van der Waals surface area contributed by atoms with E-state index in [1.54, 1.807) is 24.0 Å². The summed E-state index contributed by atoms with van der Waals surface area (Å²) in [6.07, 6.45) is -0.458. The second-order valence-electron chi connectivity index (χ2n) is 4.94. The van der Waals surface area contributed by atoms with Gasteiger partial charge in [0, 0.05) is 33.3 Å². The summed E-state index contributed by atoms with van der Waals surface area (Å²) in [6, 6.07) is 6.51. The molecule has 0 radical (unpaired) electrons. The number of piperazine rings is 1. The summed E-state index contributed by atoms with van der Waals surface area (Å²) in [7, 11) is 1.50. The highest BCUT2D eigenvalue weighted by atomic mass is 19.1. The zero-order valence-electron chi connectivity index (χ0n) is 12.2. The van der Waals surface area contributed by atoms with Crippen LogP contribution in [0.5, 0.6) is 0 Å². The second kappa shape index (κ2) is 6.55. The lowest BCUT2D eigenvalue weighted by atomic mass is 10.1. The fourth-order valence-electron chi connectivity index (χ4n) is 2.41. The largest absolute Gasteiger partial charge is 0.372 e. The Hall–Kier alpha value is -2.13. The van der Waals surface area contributed by atoms with E-state index in [0.29, 0.717) is 31.9 Å². The first-order valence-corrected chi connectivity index (χ1v) is 6.83. The minimum absolute atomic E-state index is 0.0445. The van der Waals surface area contributed by atoms with Gasteiger partial charge in [0.2, 0.25) is 0 Å². The number of nitrogens with zero attached hydrogens (tertiary/aromatic N) is 3. The topological polar surface area (TPSA) is 56.6 Å². The molecular formula is C15H18FN3O2. The van der Waals surface area contributed by atoms with Crippen LogP contribution in [0.25, 0.3) is 0 Å². The molecule has 1 saturated heterocycles. The van der Waals surface area contributed by atoms with Gasteiger partial charge in [-0.15, -0.1) is 0 Å². The van der Waals surface area contributed by atoms with Crippen molar-refractivity contribution >= 4 is 11.6 Å². The lowest BCUT2D eigenvalue weighted by molar-refractivity contribution is -0.141. The second-order valence-corrected chi connectivity index (χ2v) is 4.94. The third-order valence-corrected chi connectivity index (χ3v) is 3.74. The summed E-state index contributed by atoms with van der Waals surface area (Å²) in [5, 5.41) is 9.08. The molecule has 0 saturated carbocycles. The molecule has 6 heteroatoms. The van der Waals surface area contributed by atoms with Crippen molar-refractivity contribution in [3.63, 3.8) is 0 Å². The smallest absolute Gasteiger partial charge is 0.251 e. The molecule has 0 N–H and O–H groups in total. The van der Waals surface area contributed by atoms with Gasteiger partial charge in [0.05, 0.1) is 5.69 Å². The van der Waals surface area contributed by atoms with Crippen molar-refractivity contribution < 1.29 is 13.9 Å². The number of rotatable bonds is 3. The summed E-state index contributed by atoms with van der Waals surface area (Å²) in [5.41, 5.74) is 0.645. The van der Waals surface area contributed by atoms with Gasteiger partial charge < -0.3 is 14.5 Å². The molecule has 1 aliphatic rings. The van der Waals surface area contributed by atoms with E-state index in [2.05, 4.69) is 0 Å². The molecule has 1 aromatic rings. The lowest BCUT2D eigenvalue weighted by Crippen LogP contribution is -2.51. The molecule has 1 amide bonds. The van der Waals surface area contributed by atoms with Crippen molar-refractivity contribution in [1.29, 1.82) is 5.26 Å². The maximum atomic E-state index is 13.6. The third-order valence-electron chi connectivity index (χ3n) is 3.74. The fourth-order valence-corrected chi connectivity index (χ4v) is 2.41. The van der Waals surface area contributed by atoms with Gasteiger partial charge in [-0.2, -0.15) is 5.26 Å². The predicted molar refractivity (Wildman–Crippen MR) is 76.4 cm³/mol. The van der Waals surface area contributed by atoms with Crippen LogP contribution >= 0.6 is 0 Å². The SMILES string of the molecule is COC(C)C(=O)N1CCN(c2cccc(F)c2C#N)CC1. The van der Waals surface area contributed by atoms with E-state index in [4.69, 9.17) is 10.00 Å². The molecule has 0 aliphatic carbocycles. The summed E-state index contributed by atoms with van der Waals surface area (Å²) < 4.78 is 18.7. The molecule has 1 atom stereocenters. The summed E-state index contributed by atoms with van der Waals surface area (Å²) in [5.74, 6) is -0.557. The molecule has 0 bridgehead atoms. The quantitative estimate of drug-likeness (QED) is 0.844. The van der Waals surface area contributed by atoms with Gasteiger partial charge in [0.25, 0.3) is 5.91 Å². The molecule has 1 fully saturated rings. The Labute approximate surface area is 123 Å². The van der Waals surface area contributed by atoms with Crippen molar-refractivity contribution in [3.05, 3.63) is 29.6 Å². The number of halogens is 1. The minimum Gasteiger partial charge on any atom is -0.372 e. The van der Waals surface area contributed by atoms with Crippen LogP contribution in [0.2, 0.25) is 0 Å². The Balaban J connectivity index is 2.07. The lowest BCUT2D eigenvalue weighted by Gasteiger charge is -2.37. The molecular weight excluding hydrogens is 273 g/mol. The average Bonchev–Trinajstić information content (AvgIpc) is 2.53. The molecule has 5 nitrogen and oxygen atoms in total. The van der Waals surface area contributed by atoms with Crippen LogP contribution in [-0.2, 0) is 9.53 Å². The van der Waals surface area contributed by atoms with Gasteiger partial charge in [0.15, 0.2) is 0 Å². The van der Waals surface area contributed by atoms with Crippen molar-refractivity contribution in [2.75, 3.05) is 38.2 Å². The van der Waals surface area contributed by atoms with Gasteiger partial charge in [-0.3, -0.25) is 4.79 Å². The molecule has 1 unspecified atom stereocenters. The minimum atomic E-state index is -0.512. The molecule has 1 heterocycles. The van der Waals surface area contributed by atoms with E-state index >= 15 is 0 Å². The van der Waals surface area contributed by atoms with Crippen LogP contribution in [0.1, 0.15) is 12.5 Å². The van der Waals surface area contributed by atoms with Gasteiger partial charge >= 0.3 is 0 Å². The highest BCUT2D eigenvalue weighted by Gasteiger charge is 2.26. The van der Waals surface area contributed by atoms with E-state index in [0.717, 1.165) is 0 Å². The molecule has 1 aromatic carbocycles. The highest BCUT2D eigenvalue weighted by molar-refractivity contribution is 5.80. The number of carbonyl (C=O) groups excluding carboxylic acids is 1. The predicted octanol–water partition coefficient (Wildman–Crippen LogP) is 1.38. The number of amides is 1. The summed E-state index contributed by atoms with van der Waals surface area (Å²) in [4.78, 5) is 15.7. The standard InChI is InChI=1S/C15H18FN3O2/c1-11(21-2)15(20)19-8-6-18(7-9-19)14-5-3-4-13(16)12(14)10-17/h3-5,11H,6-9H2,1-2H3. The zero-order valence-corrected chi connectivity index (χ0v) is 12.2. The third kappa shape index (κ3) is 3.14. The number of ether oxygens (including phenoxy) is 1. The Morgan fingerprint density at radius 1 is 1.38 bits per heavy atom.